The van der Waals surface area contributed by atoms with E-state index in [1.807, 2.05) is 6.07 Å². The molecular formula is C74H53NO. The Kier molecular flexibility index (Phi) is 10.8. The third-order valence-corrected chi connectivity index (χ3v) is 16.2. The van der Waals surface area contributed by atoms with Gasteiger partial charge in [-0.3, -0.25) is 0 Å². The number of rotatable bonds is 9. The Morgan fingerprint density at radius 2 is 0.711 bits per heavy atom. The van der Waals surface area contributed by atoms with E-state index < -0.39 is 5.41 Å². The van der Waals surface area contributed by atoms with Crippen LogP contribution in [-0.4, -0.2) is 0 Å². The van der Waals surface area contributed by atoms with Crippen LogP contribution in [0.3, 0.4) is 0 Å². The Morgan fingerprint density at radius 3 is 1.29 bits per heavy atom. The molecule has 0 unspecified atom stereocenters. The maximum Gasteiger partial charge on any atom is 0.131 e. The third-order valence-electron chi connectivity index (χ3n) is 16.2. The van der Waals surface area contributed by atoms with Crippen LogP contribution in [0, 0.1) is 0 Å². The molecule has 0 saturated carbocycles. The van der Waals surface area contributed by atoms with E-state index in [1.54, 1.807) is 0 Å². The monoisotopic (exact) mass is 971 g/mol. The summed E-state index contributed by atoms with van der Waals surface area (Å²) in [7, 11) is 0. The van der Waals surface area contributed by atoms with Crippen molar-refractivity contribution in [1.82, 2.24) is 0 Å². The molecule has 0 saturated heterocycles. The van der Waals surface area contributed by atoms with Gasteiger partial charge in [-0.2, -0.15) is 0 Å². The molecule has 0 spiro atoms. The molecule has 14 rings (SSSR count). The van der Waals surface area contributed by atoms with Crippen LogP contribution in [0.2, 0.25) is 0 Å². The highest BCUT2D eigenvalue weighted by atomic mass is 16.5. The summed E-state index contributed by atoms with van der Waals surface area (Å²) in [4.78, 5) is 2.38. The molecule has 12 aromatic rings. The highest BCUT2D eigenvalue weighted by Gasteiger charge is 2.46. The van der Waals surface area contributed by atoms with Gasteiger partial charge < -0.3 is 9.64 Å². The van der Waals surface area contributed by atoms with E-state index in [2.05, 4.69) is 298 Å². The quantitative estimate of drug-likeness (QED) is 0.143. The fraction of sp³-hybridized carbons (Fsp3) is 0.0541. The second-order valence-corrected chi connectivity index (χ2v) is 20.8. The molecule has 360 valence electrons. The first-order valence-electron chi connectivity index (χ1n) is 26.4. The Balaban J connectivity index is 0.861. The molecule has 0 amide bonds. The van der Waals surface area contributed by atoms with Gasteiger partial charge in [0.25, 0.3) is 0 Å². The Morgan fingerprint density at radius 1 is 0.289 bits per heavy atom. The summed E-state index contributed by atoms with van der Waals surface area (Å²) in [6, 6.07) is 105. The summed E-state index contributed by atoms with van der Waals surface area (Å²) < 4.78 is 6.44. The molecule has 0 aromatic heterocycles. The summed E-state index contributed by atoms with van der Waals surface area (Å²) in [5.41, 5.74) is 22.0. The first kappa shape index (κ1) is 45.1. The molecule has 0 bridgehead atoms. The Labute approximate surface area is 445 Å². The van der Waals surface area contributed by atoms with E-state index in [-0.39, 0.29) is 5.41 Å². The Bertz CT molecular complexity index is 4080. The van der Waals surface area contributed by atoms with Crippen LogP contribution in [0.25, 0.3) is 66.4 Å². The molecule has 0 fully saturated rings. The fourth-order valence-corrected chi connectivity index (χ4v) is 12.4. The average Bonchev–Trinajstić information content (AvgIpc) is 3.84. The van der Waals surface area contributed by atoms with Crippen molar-refractivity contribution < 1.29 is 4.74 Å². The zero-order valence-electron chi connectivity index (χ0n) is 42.5. The normalized spacial score (nSPS) is 13.4. The third kappa shape index (κ3) is 7.40. The lowest BCUT2D eigenvalue weighted by Crippen LogP contribution is -2.28. The first-order chi connectivity index (χ1) is 37.4. The number of ether oxygens (including phenoxy) is 1. The van der Waals surface area contributed by atoms with Crippen molar-refractivity contribution in [2.75, 3.05) is 4.90 Å². The average molecular weight is 972 g/mol. The molecule has 1 heterocycles. The zero-order chi connectivity index (χ0) is 50.8. The standard InChI is InChI=1S/C74H53NO/c1-73(2)67-27-14-15-28-71(67)76-72-46-37-57(49-70(72)73)52-31-40-61(41-32-52)75(62-42-33-54(34-43-62)64-26-16-20-53-19-12-13-25-63(53)64)60-38-29-51(30-39-60)56-36-45-66-65-44-35-55(50-17-6-3-7-18-50)47-68(65)74(69(66)48-56,58-21-8-4-9-22-58)59-23-10-5-11-24-59/h3-49H,1-2H3. The van der Waals surface area contributed by atoms with Crippen molar-refractivity contribution in [2.45, 2.75) is 24.7 Å². The van der Waals surface area contributed by atoms with Crippen LogP contribution < -0.4 is 9.64 Å². The second-order valence-electron chi connectivity index (χ2n) is 20.8. The van der Waals surface area contributed by atoms with Gasteiger partial charge in [-0.15, -0.1) is 0 Å². The van der Waals surface area contributed by atoms with Gasteiger partial charge in [0.15, 0.2) is 0 Å². The van der Waals surface area contributed by atoms with Gasteiger partial charge in [-0.25, -0.2) is 0 Å². The minimum Gasteiger partial charge on any atom is -0.457 e. The van der Waals surface area contributed by atoms with E-state index in [1.165, 1.54) is 83.1 Å². The van der Waals surface area contributed by atoms with Gasteiger partial charge in [0.05, 0.1) is 5.41 Å². The second kappa shape index (κ2) is 18.2. The van der Waals surface area contributed by atoms with Crippen molar-refractivity contribution >= 4 is 27.8 Å². The van der Waals surface area contributed by atoms with Gasteiger partial charge >= 0.3 is 0 Å². The summed E-state index contributed by atoms with van der Waals surface area (Å²) in [6.07, 6.45) is 0. The van der Waals surface area contributed by atoms with Crippen LogP contribution in [0.5, 0.6) is 11.5 Å². The predicted molar refractivity (Wildman–Crippen MR) is 316 cm³/mol. The van der Waals surface area contributed by atoms with Crippen molar-refractivity contribution in [2.24, 2.45) is 0 Å². The largest absolute Gasteiger partial charge is 0.457 e. The van der Waals surface area contributed by atoms with E-state index in [4.69, 9.17) is 4.74 Å². The van der Waals surface area contributed by atoms with Crippen LogP contribution in [-0.2, 0) is 10.8 Å². The Hall–Kier alpha value is -9.50. The zero-order valence-corrected chi connectivity index (χ0v) is 42.5. The summed E-state index contributed by atoms with van der Waals surface area (Å²) in [6.45, 7) is 4.59. The lowest BCUT2D eigenvalue weighted by Gasteiger charge is -2.34. The number of fused-ring (bicyclic) bond motifs is 6. The SMILES string of the molecule is CC1(C)c2ccccc2Oc2ccc(-c3ccc(N(c4ccc(-c5ccc6c(c5)C(c5ccccc5)(c5ccccc5)c5cc(-c7ccccc7)ccc5-6)cc4)c4ccc(-c5cccc6ccccc56)cc4)cc3)cc21. The minimum absolute atomic E-state index is 0.203. The predicted octanol–water partition coefficient (Wildman–Crippen LogP) is 19.8. The highest BCUT2D eigenvalue weighted by Crippen LogP contribution is 2.58. The molecule has 2 aliphatic rings. The lowest BCUT2D eigenvalue weighted by atomic mass is 9.67. The van der Waals surface area contributed by atoms with Gasteiger partial charge in [-0.1, -0.05) is 232 Å². The smallest absolute Gasteiger partial charge is 0.131 e. The molecule has 1 aliphatic carbocycles. The molecule has 0 N–H and O–H groups in total. The molecule has 0 radical (unpaired) electrons. The van der Waals surface area contributed by atoms with Gasteiger partial charge in [0.1, 0.15) is 11.5 Å². The van der Waals surface area contributed by atoms with E-state index >= 15 is 0 Å². The minimum atomic E-state index is -0.538. The first-order valence-corrected chi connectivity index (χ1v) is 26.4. The van der Waals surface area contributed by atoms with Crippen LogP contribution in [0.1, 0.15) is 47.2 Å². The van der Waals surface area contributed by atoms with Crippen molar-refractivity contribution in [1.29, 1.82) is 0 Å². The maximum absolute atomic E-state index is 6.44. The van der Waals surface area contributed by atoms with Crippen molar-refractivity contribution in [3.8, 4) is 67.1 Å². The molecular weight excluding hydrogens is 919 g/mol. The molecule has 12 aromatic carbocycles. The number of benzene rings is 12. The highest BCUT2D eigenvalue weighted by molar-refractivity contribution is 5.97. The molecule has 2 heteroatoms. The van der Waals surface area contributed by atoms with Crippen molar-refractivity contribution in [3.63, 3.8) is 0 Å². The molecule has 1 aliphatic heterocycles. The number of para-hydroxylation sites is 1. The van der Waals surface area contributed by atoms with Crippen molar-refractivity contribution in [3.05, 3.63) is 318 Å². The topological polar surface area (TPSA) is 12.5 Å². The number of hydrogen-bond donors (Lipinski definition) is 0. The molecule has 0 atom stereocenters. The summed E-state index contributed by atoms with van der Waals surface area (Å²) in [5.74, 6) is 1.85. The van der Waals surface area contributed by atoms with Gasteiger partial charge in [-0.05, 0) is 155 Å². The number of hydrogen-bond acceptors (Lipinski definition) is 2. The number of anilines is 3. The lowest BCUT2D eigenvalue weighted by molar-refractivity contribution is 0.418. The molecule has 2 nitrogen and oxygen atoms in total. The van der Waals surface area contributed by atoms with Crippen LogP contribution in [0.4, 0.5) is 17.1 Å². The van der Waals surface area contributed by atoms with Gasteiger partial charge in [0.2, 0.25) is 0 Å². The maximum atomic E-state index is 6.44. The van der Waals surface area contributed by atoms with E-state index in [0.29, 0.717) is 0 Å². The molecule has 76 heavy (non-hydrogen) atoms. The van der Waals surface area contributed by atoms with E-state index in [0.717, 1.165) is 45.3 Å². The summed E-state index contributed by atoms with van der Waals surface area (Å²) >= 11 is 0. The summed E-state index contributed by atoms with van der Waals surface area (Å²) in [5, 5.41) is 2.49. The van der Waals surface area contributed by atoms with Gasteiger partial charge in [0, 0.05) is 33.6 Å². The van der Waals surface area contributed by atoms with E-state index in [9.17, 15) is 0 Å². The van der Waals surface area contributed by atoms with Crippen LogP contribution in [0.15, 0.2) is 285 Å². The van der Waals surface area contributed by atoms with Crippen LogP contribution >= 0.6 is 0 Å². The fourth-order valence-electron chi connectivity index (χ4n) is 12.4. The number of nitrogens with zero attached hydrogens (tertiary/aromatic N) is 1.